The first-order chi connectivity index (χ1) is 34.8. The third-order valence-electron chi connectivity index (χ3n) is 19.2. The number of hydrogen-bond acceptors (Lipinski definition) is 15. The molecule has 23 atom stereocenters. The average Bonchev–Trinajstić information content (AvgIpc) is 4.09. The maximum Gasteiger partial charge on any atom is 0.0840 e. The summed E-state index contributed by atoms with van der Waals surface area (Å²) in [4.78, 5) is 0. The Morgan fingerprint density at radius 1 is 0.282 bits per heavy atom. The quantitative estimate of drug-likeness (QED) is 0.0492. The summed E-state index contributed by atoms with van der Waals surface area (Å²) in [7, 11) is 0. The first-order valence-electron chi connectivity index (χ1n) is 30.4. The van der Waals surface area contributed by atoms with Crippen LogP contribution >= 0.6 is 0 Å². The molecule has 23 unspecified atom stereocenters. The zero-order chi connectivity index (χ0) is 49.3. The largest absolute Gasteiger partial charge is 0.376 e. The number of hydrogen-bond donors (Lipinski definition) is 9. The van der Waals surface area contributed by atoms with Crippen molar-refractivity contribution in [1.82, 2.24) is 42.5 Å². The lowest BCUT2D eigenvalue weighted by atomic mass is 9.73. The van der Waals surface area contributed by atoms with Crippen LogP contribution in [0.3, 0.4) is 0 Å². The summed E-state index contributed by atoms with van der Waals surface area (Å²) in [5.74, 6) is 3.15. The van der Waals surface area contributed by atoms with Crippen molar-refractivity contribution in [3.63, 3.8) is 0 Å². The van der Waals surface area contributed by atoms with Gasteiger partial charge in [0.2, 0.25) is 0 Å². The maximum atomic E-state index is 6.90. The van der Waals surface area contributed by atoms with Crippen LogP contribution in [0.25, 0.3) is 0 Å². The van der Waals surface area contributed by atoms with Gasteiger partial charge in [0.15, 0.2) is 0 Å². The Balaban J connectivity index is 1.06. The molecule has 410 valence electrons. The Morgan fingerprint density at radius 3 is 0.690 bits per heavy atom. The third kappa shape index (κ3) is 13.2. The average molecular weight is 1000 g/mol. The van der Waals surface area contributed by atoms with Crippen molar-refractivity contribution in [3.8, 4) is 0 Å². The molecule has 71 heavy (non-hydrogen) atoms. The van der Waals surface area contributed by atoms with E-state index in [1.54, 1.807) is 0 Å². The Kier molecular flexibility index (Phi) is 21.1. The van der Waals surface area contributed by atoms with Crippen molar-refractivity contribution < 1.29 is 28.4 Å². The lowest BCUT2D eigenvalue weighted by Crippen LogP contribution is -2.61. The van der Waals surface area contributed by atoms with Crippen LogP contribution in [-0.2, 0) is 28.4 Å². The predicted molar refractivity (Wildman–Crippen MR) is 281 cm³/mol. The molecule has 0 spiro atoms. The Hall–Kier alpha value is -0.600. The van der Waals surface area contributed by atoms with Crippen LogP contribution in [0.5, 0.6) is 0 Å². The molecule has 0 radical (unpaired) electrons. The van der Waals surface area contributed by atoms with Crippen LogP contribution in [0.4, 0.5) is 0 Å². The molecule has 15 nitrogen and oxygen atoms in total. The van der Waals surface area contributed by atoms with Gasteiger partial charge in [-0.1, -0.05) is 80.1 Å². The highest BCUT2D eigenvalue weighted by molar-refractivity contribution is 5.11. The van der Waals surface area contributed by atoms with Gasteiger partial charge >= 0.3 is 0 Å². The van der Waals surface area contributed by atoms with Crippen molar-refractivity contribution in [1.29, 1.82) is 0 Å². The highest BCUT2D eigenvalue weighted by Gasteiger charge is 2.58. The lowest BCUT2D eigenvalue weighted by Gasteiger charge is -2.43. The van der Waals surface area contributed by atoms with Crippen LogP contribution in [0.15, 0.2) is 0 Å². The summed E-state index contributed by atoms with van der Waals surface area (Å²) in [5.41, 5.74) is 6.90. The Morgan fingerprint density at radius 2 is 0.479 bits per heavy atom. The second-order valence-corrected chi connectivity index (χ2v) is 24.0. The molecule has 15 heteroatoms. The van der Waals surface area contributed by atoms with E-state index in [0.717, 1.165) is 174 Å². The van der Waals surface area contributed by atoms with Crippen LogP contribution in [0.1, 0.15) is 176 Å². The molecule has 10 N–H and O–H groups in total. The molecule has 0 aromatic heterocycles. The highest BCUT2D eigenvalue weighted by Crippen LogP contribution is 2.48. The summed E-state index contributed by atoms with van der Waals surface area (Å²) in [5, 5.41) is 34.7. The standard InChI is InChI=1S/C56H105N9O6/c1-7-13-21-66-43-28-37-38(29-44(43)67-22-14-8-2)53-61-51(37)59-49-35-20-19-34(57)27-36(35)50(58-49)60-52-39-30-45(68-23-15-9-3)46(69-24-16-10-4)31-40(39)54(62-52)64-56-42-33-48(71-26-18-12-6)47(70-25-17-11-5)32-41(42)55(63-53)65-56/h34-56,58-65H,7-33,57H2,1-6H3. The molecule has 0 aromatic carbocycles. The normalized spacial score (nSPS) is 45.1. The first kappa shape index (κ1) is 55.2. The Labute approximate surface area is 430 Å². The predicted octanol–water partition coefficient (Wildman–Crippen LogP) is 6.31. The van der Waals surface area contributed by atoms with Crippen LogP contribution < -0.4 is 48.3 Å². The van der Waals surface area contributed by atoms with E-state index >= 15 is 0 Å². The van der Waals surface area contributed by atoms with Gasteiger partial charge in [-0.05, 0) is 144 Å². The van der Waals surface area contributed by atoms with Crippen LogP contribution in [-0.4, -0.2) is 132 Å². The van der Waals surface area contributed by atoms with Gasteiger partial charge in [0, 0.05) is 45.7 Å². The molecule has 9 rings (SSSR count). The fraction of sp³-hybridized carbons (Fsp3) is 1.00. The molecule has 8 bridgehead atoms. The fourth-order valence-corrected chi connectivity index (χ4v) is 15.2. The molecule has 4 saturated carbocycles. The molecule has 0 amide bonds. The minimum atomic E-state index is 0.0763. The van der Waals surface area contributed by atoms with Gasteiger partial charge in [-0.15, -0.1) is 0 Å². The molecule has 0 aromatic rings. The number of fused-ring (bicyclic) bond motifs is 20. The van der Waals surface area contributed by atoms with E-state index in [-0.39, 0.29) is 92.0 Å². The molecule has 5 saturated heterocycles. The number of ether oxygens (including phenoxy) is 6. The van der Waals surface area contributed by atoms with Gasteiger partial charge in [-0.2, -0.15) is 0 Å². The molecule has 5 aliphatic heterocycles. The summed E-state index contributed by atoms with van der Waals surface area (Å²) < 4.78 is 41.1. The highest BCUT2D eigenvalue weighted by atomic mass is 16.5. The summed E-state index contributed by atoms with van der Waals surface area (Å²) in [6.45, 7) is 18.3. The van der Waals surface area contributed by atoms with Gasteiger partial charge in [0.25, 0.3) is 0 Å². The molecule has 4 aliphatic carbocycles. The molecule has 9 fully saturated rings. The minimum absolute atomic E-state index is 0.0763. The summed E-state index contributed by atoms with van der Waals surface area (Å²) >= 11 is 0. The van der Waals surface area contributed by atoms with E-state index in [4.69, 9.17) is 34.2 Å². The zero-order valence-corrected chi connectivity index (χ0v) is 45.4. The second-order valence-electron chi connectivity index (χ2n) is 24.0. The van der Waals surface area contributed by atoms with Crippen molar-refractivity contribution in [2.45, 2.75) is 268 Å². The minimum Gasteiger partial charge on any atom is -0.376 e. The van der Waals surface area contributed by atoms with E-state index in [0.29, 0.717) is 47.3 Å². The molecule has 9 aliphatic rings. The second kappa shape index (κ2) is 27.1. The third-order valence-corrected chi connectivity index (χ3v) is 19.2. The van der Waals surface area contributed by atoms with E-state index in [9.17, 15) is 0 Å². The van der Waals surface area contributed by atoms with Crippen molar-refractivity contribution >= 4 is 0 Å². The summed E-state index contributed by atoms with van der Waals surface area (Å²) in [6.07, 6.45) is 23.8. The first-order valence-corrected chi connectivity index (χ1v) is 30.4. The lowest BCUT2D eigenvalue weighted by molar-refractivity contribution is -0.121. The van der Waals surface area contributed by atoms with Crippen molar-refractivity contribution in [2.24, 2.45) is 53.1 Å². The number of rotatable bonds is 24. The van der Waals surface area contributed by atoms with Gasteiger partial charge in [-0.3, -0.25) is 42.5 Å². The van der Waals surface area contributed by atoms with Crippen molar-refractivity contribution in [3.05, 3.63) is 0 Å². The molecular formula is C56H105N9O6. The monoisotopic (exact) mass is 1000 g/mol. The molecule has 5 heterocycles. The fourth-order valence-electron chi connectivity index (χ4n) is 15.2. The van der Waals surface area contributed by atoms with E-state index < -0.39 is 0 Å². The topological polar surface area (TPSA) is 178 Å². The zero-order valence-electron chi connectivity index (χ0n) is 45.4. The van der Waals surface area contributed by atoms with Gasteiger partial charge < -0.3 is 34.2 Å². The van der Waals surface area contributed by atoms with Crippen LogP contribution in [0.2, 0.25) is 0 Å². The number of nitrogens with two attached hydrogens (primary N) is 1. The van der Waals surface area contributed by atoms with Crippen molar-refractivity contribution in [2.75, 3.05) is 39.6 Å². The van der Waals surface area contributed by atoms with E-state index in [1.807, 2.05) is 0 Å². The Bertz CT molecular complexity index is 1560. The number of unbranched alkanes of at least 4 members (excludes halogenated alkanes) is 6. The molecular weight excluding hydrogens is 895 g/mol. The van der Waals surface area contributed by atoms with Gasteiger partial charge in [0.05, 0.1) is 86.0 Å². The van der Waals surface area contributed by atoms with Gasteiger partial charge in [-0.25, -0.2) is 0 Å². The summed E-state index contributed by atoms with van der Waals surface area (Å²) in [6, 6.07) is 0.226. The SMILES string of the molecule is CCCCOC1CC2C3NC4NC(NC5NC(NC6NC(NC(N3)C2CC1OCCCC)C1CC(OCCCC)C(OCCCC)CC61)C1CC(OCCCC)C(OCCCC)CC51)C1CC(N)CCC41. The van der Waals surface area contributed by atoms with Gasteiger partial charge in [0.1, 0.15) is 0 Å². The number of nitrogens with one attached hydrogen (secondary N) is 8. The van der Waals surface area contributed by atoms with E-state index in [1.165, 1.54) is 0 Å². The smallest absolute Gasteiger partial charge is 0.0840 e. The van der Waals surface area contributed by atoms with E-state index in [2.05, 4.69) is 84.1 Å². The van der Waals surface area contributed by atoms with Crippen LogP contribution in [0, 0.1) is 47.3 Å². The maximum absolute atomic E-state index is 6.90.